The van der Waals surface area contributed by atoms with Crippen LogP contribution in [0.1, 0.15) is 35.4 Å². The van der Waals surface area contributed by atoms with E-state index in [-0.39, 0.29) is 5.92 Å². The molecule has 0 heterocycles. The van der Waals surface area contributed by atoms with Crippen LogP contribution in [0.4, 0.5) is 13.2 Å². The van der Waals surface area contributed by atoms with E-state index in [0.717, 1.165) is 24.5 Å². The Balaban J connectivity index is 1.89. The van der Waals surface area contributed by atoms with Crippen molar-refractivity contribution in [3.63, 3.8) is 0 Å². The number of ether oxygens (including phenoxy) is 2. The van der Waals surface area contributed by atoms with Crippen molar-refractivity contribution in [1.82, 2.24) is 0 Å². The summed E-state index contributed by atoms with van der Waals surface area (Å²) in [5.74, 6) is 1.26. The highest BCUT2D eigenvalue weighted by atomic mass is 19.4. The Kier molecular flexibility index (Phi) is 4.31. The molecular formula is C18H17F3O2. The van der Waals surface area contributed by atoms with Crippen LogP contribution in [0.3, 0.4) is 0 Å². The van der Waals surface area contributed by atoms with Gasteiger partial charge in [-0.25, -0.2) is 0 Å². The molecule has 2 aromatic carbocycles. The fourth-order valence-electron chi connectivity index (χ4n) is 2.52. The minimum atomic E-state index is -4.33. The van der Waals surface area contributed by atoms with Gasteiger partial charge in [-0.05, 0) is 60.2 Å². The molecule has 0 spiro atoms. The Morgan fingerprint density at radius 3 is 2.52 bits per heavy atom. The first-order chi connectivity index (χ1) is 11.0. The standard InChI is InChI=1S/C18H17F3O2/c1-22-11-12-3-2-4-15(9-12)23-17-8-7-14(18(19,20)21)10-16(17)13-5-6-13/h2-4,7-10,13H,5-6,11H2,1H3. The van der Waals surface area contributed by atoms with Crippen LogP contribution in [0.2, 0.25) is 0 Å². The molecule has 5 heteroatoms. The largest absolute Gasteiger partial charge is 0.457 e. The monoisotopic (exact) mass is 322 g/mol. The van der Waals surface area contributed by atoms with E-state index in [1.54, 1.807) is 13.2 Å². The number of benzene rings is 2. The van der Waals surface area contributed by atoms with Crippen LogP contribution in [-0.4, -0.2) is 7.11 Å². The van der Waals surface area contributed by atoms with E-state index >= 15 is 0 Å². The number of alkyl halides is 3. The van der Waals surface area contributed by atoms with Crippen molar-refractivity contribution < 1.29 is 22.6 Å². The number of methoxy groups -OCH3 is 1. The van der Waals surface area contributed by atoms with E-state index < -0.39 is 11.7 Å². The summed E-state index contributed by atoms with van der Waals surface area (Å²) >= 11 is 0. The Morgan fingerprint density at radius 2 is 1.87 bits per heavy atom. The molecule has 0 radical (unpaired) electrons. The maximum absolute atomic E-state index is 12.9. The van der Waals surface area contributed by atoms with Crippen molar-refractivity contribution in [2.24, 2.45) is 0 Å². The van der Waals surface area contributed by atoms with Gasteiger partial charge in [-0.3, -0.25) is 0 Å². The summed E-state index contributed by atoms with van der Waals surface area (Å²) in [4.78, 5) is 0. The molecule has 0 aliphatic heterocycles. The molecule has 0 unspecified atom stereocenters. The lowest BCUT2D eigenvalue weighted by Crippen LogP contribution is -2.06. The van der Waals surface area contributed by atoms with Crippen molar-refractivity contribution in [2.45, 2.75) is 31.5 Å². The van der Waals surface area contributed by atoms with Gasteiger partial charge in [0.25, 0.3) is 0 Å². The smallest absolute Gasteiger partial charge is 0.416 e. The summed E-state index contributed by atoms with van der Waals surface area (Å²) in [6, 6.07) is 11.1. The zero-order valence-corrected chi connectivity index (χ0v) is 12.7. The van der Waals surface area contributed by atoms with Gasteiger partial charge in [0.1, 0.15) is 11.5 Å². The van der Waals surface area contributed by atoms with Gasteiger partial charge in [-0.2, -0.15) is 13.2 Å². The molecule has 1 saturated carbocycles. The van der Waals surface area contributed by atoms with Crippen LogP contribution < -0.4 is 4.74 Å². The second-order valence-electron chi connectivity index (χ2n) is 5.71. The summed E-state index contributed by atoms with van der Waals surface area (Å²) in [6.07, 6.45) is -2.52. The lowest BCUT2D eigenvalue weighted by atomic mass is 10.1. The van der Waals surface area contributed by atoms with E-state index in [9.17, 15) is 13.2 Å². The van der Waals surface area contributed by atoms with Gasteiger partial charge in [0, 0.05) is 7.11 Å². The third-order valence-electron chi connectivity index (χ3n) is 3.79. The summed E-state index contributed by atoms with van der Waals surface area (Å²) in [7, 11) is 1.61. The molecule has 2 nitrogen and oxygen atoms in total. The first-order valence-corrected chi connectivity index (χ1v) is 7.44. The number of hydrogen-bond donors (Lipinski definition) is 0. The zero-order chi connectivity index (χ0) is 16.4. The van der Waals surface area contributed by atoms with E-state index in [0.29, 0.717) is 23.7 Å². The SMILES string of the molecule is COCc1cccc(Oc2ccc(C(F)(F)F)cc2C2CC2)c1. The highest BCUT2D eigenvalue weighted by molar-refractivity contribution is 5.45. The third-order valence-corrected chi connectivity index (χ3v) is 3.79. The Hall–Kier alpha value is -2.01. The Labute approximate surface area is 132 Å². The number of rotatable bonds is 5. The fourth-order valence-corrected chi connectivity index (χ4v) is 2.52. The minimum absolute atomic E-state index is 0.162. The number of hydrogen-bond acceptors (Lipinski definition) is 2. The Morgan fingerprint density at radius 1 is 1.09 bits per heavy atom. The van der Waals surface area contributed by atoms with Crippen molar-refractivity contribution in [3.8, 4) is 11.5 Å². The summed E-state index contributed by atoms with van der Waals surface area (Å²) < 4.78 is 49.6. The average Bonchev–Trinajstić information content (AvgIpc) is 3.32. The maximum atomic E-state index is 12.9. The molecule has 23 heavy (non-hydrogen) atoms. The average molecular weight is 322 g/mol. The molecule has 2 aromatic rings. The van der Waals surface area contributed by atoms with Gasteiger partial charge in [-0.1, -0.05) is 12.1 Å². The third kappa shape index (κ3) is 3.85. The van der Waals surface area contributed by atoms with Crippen molar-refractivity contribution in [2.75, 3.05) is 7.11 Å². The van der Waals surface area contributed by atoms with Gasteiger partial charge in [0.05, 0.1) is 12.2 Å². The van der Waals surface area contributed by atoms with Crippen LogP contribution in [0.15, 0.2) is 42.5 Å². The highest BCUT2D eigenvalue weighted by Gasteiger charge is 2.34. The molecule has 3 rings (SSSR count). The van der Waals surface area contributed by atoms with Crippen molar-refractivity contribution >= 4 is 0 Å². The van der Waals surface area contributed by atoms with Crippen LogP contribution in [0.25, 0.3) is 0 Å². The van der Waals surface area contributed by atoms with Gasteiger partial charge in [-0.15, -0.1) is 0 Å². The quantitative estimate of drug-likeness (QED) is 0.721. The lowest BCUT2D eigenvalue weighted by Gasteiger charge is -2.14. The molecule has 0 saturated heterocycles. The van der Waals surface area contributed by atoms with Gasteiger partial charge < -0.3 is 9.47 Å². The fraction of sp³-hybridized carbons (Fsp3) is 0.333. The molecular weight excluding hydrogens is 305 g/mol. The maximum Gasteiger partial charge on any atom is 0.416 e. The predicted octanol–water partition coefficient (Wildman–Crippen LogP) is 5.52. The van der Waals surface area contributed by atoms with Crippen molar-refractivity contribution in [3.05, 3.63) is 59.2 Å². The molecule has 1 fully saturated rings. The van der Waals surface area contributed by atoms with Crippen LogP contribution in [0.5, 0.6) is 11.5 Å². The normalized spacial score (nSPS) is 14.8. The molecule has 122 valence electrons. The molecule has 0 bridgehead atoms. The predicted molar refractivity (Wildman–Crippen MR) is 80.6 cm³/mol. The van der Waals surface area contributed by atoms with Crippen LogP contribution in [0, 0.1) is 0 Å². The minimum Gasteiger partial charge on any atom is -0.457 e. The zero-order valence-electron chi connectivity index (χ0n) is 12.7. The van der Waals surface area contributed by atoms with Crippen molar-refractivity contribution in [1.29, 1.82) is 0 Å². The van der Waals surface area contributed by atoms with E-state index in [1.165, 1.54) is 12.1 Å². The van der Waals surface area contributed by atoms with Gasteiger partial charge in [0.2, 0.25) is 0 Å². The molecule has 0 amide bonds. The second-order valence-corrected chi connectivity index (χ2v) is 5.71. The lowest BCUT2D eigenvalue weighted by molar-refractivity contribution is -0.137. The molecule has 1 aliphatic rings. The summed E-state index contributed by atoms with van der Waals surface area (Å²) in [5.41, 5.74) is 0.960. The second kappa shape index (κ2) is 6.24. The first kappa shape index (κ1) is 15.9. The van der Waals surface area contributed by atoms with Gasteiger partial charge >= 0.3 is 6.18 Å². The number of halogens is 3. The summed E-state index contributed by atoms with van der Waals surface area (Å²) in [6.45, 7) is 0.458. The molecule has 0 atom stereocenters. The van der Waals surface area contributed by atoms with Crippen LogP contribution >= 0.6 is 0 Å². The van der Waals surface area contributed by atoms with E-state index in [2.05, 4.69) is 0 Å². The molecule has 0 aromatic heterocycles. The Bertz CT molecular complexity index is 691. The van der Waals surface area contributed by atoms with E-state index in [4.69, 9.17) is 9.47 Å². The van der Waals surface area contributed by atoms with E-state index in [1.807, 2.05) is 18.2 Å². The summed E-state index contributed by atoms with van der Waals surface area (Å²) in [5, 5.41) is 0. The van der Waals surface area contributed by atoms with Gasteiger partial charge in [0.15, 0.2) is 0 Å². The molecule has 1 aliphatic carbocycles. The molecule has 0 N–H and O–H groups in total. The highest BCUT2D eigenvalue weighted by Crippen LogP contribution is 2.47. The van der Waals surface area contributed by atoms with Crippen LogP contribution in [-0.2, 0) is 17.5 Å². The topological polar surface area (TPSA) is 18.5 Å². The first-order valence-electron chi connectivity index (χ1n) is 7.44.